The molecule has 0 aromatic carbocycles. The summed E-state index contributed by atoms with van der Waals surface area (Å²) < 4.78 is 85.6. The maximum atomic E-state index is 7.98. The van der Waals surface area contributed by atoms with Gasteiger partial charge < -0.3 is 98.7 Å². The van der Waals surface area contributed by atoms with E-state index in [0.29, 0.717) is 0 Å². The van der Waals surface area contributed by atoms with Crippen molar-refractivity contribution in [2.45, 2.75) is 173 Å². The molecule has 47 heteroatoms. The fraction of sp³-hybridized carbons (Fsp3) is 1.00. The molecule has 74 heavy (non-hydrogen) atoms. The van der Waals surface area contributed by atoms with E-state index in [4.69, 9.17) is 16.2 Å². The van der Waals surface area contributed by atoms with E-state index in [1.54, 1.807) is 0 Å². The van der Waals surface area contributed by atoms with E-state index in [1.807, 2.05) is 0 Å². The van der Waals surface area contributed by atoms with Crippen LogP contribution in [0, 0.1) is 0 Å². The third kappa shape index (κ3) is 9.46. The maximum Gasteiger partial charge on any atom is 0.265 e. The fourth-order valence-corrected chi connectivity index (χ4v) is 213. The number of hydrogen-bond acceptors (Lipinski definition) is 26. The van der Waals surface area contributed by atoms with Crippen LogP contribution in [0.4, 0.5) is 0 Å². The zero-order valence-corrected chi connectivity index (χ0v) is 69.8. The van der Waals surface area contributed by atoms with Gasteiger partial charge in [-0.2, -0.15) is 0 Å². The van der Waals surface area contributed by atoms with Crippen molar-refractivity contribution >= 4 is 183 Å². The van der Waals surface area contributed by atoms with Crippen molar-refractivity contribution in [2.75, 3.05) is 7.05 Å². The van der Waals surface area contributed by atoms with Crippen molar-refractivity contribution in [3.05, 3.63) is 0 Å². The number of nitrogens with two attached hydrogens (primary N) is 3. The summed E-state index contributed by atoms with van der Waals surface area (Å²) in [4.78, 5) is 3.95. The van der Waals surface area contributed by atoms with Gasteiger partial charge in [0.2, 0.25) is 0 Å². The van der Waals surface area contributed by atoms with Crippen LogP contribution >= 0.6 is 0 Å². The largest absolute Gasteiger partial charge is 0.328 e. The molecule has 10 fully saturated rings. The van der Waals surface area contributed by atoms with Crippen LogP contribution in [-0.4, -0.2) is 217 Å². The quantitative estimate of drug-likeness (QED) is 0.117. The monoisotopic (exact) mass is 1390 g/mol. The summed E-state index contributed by atoms with van der Waals surface area (Å²) in [7, 11) is -40.8. The molecule has 0 saturated carbocycles. The Morgan fingerprint density at radius 3 is 1.16 bits per heavy atom. The molecule has 26 nitrogen and oxygen atoms in total. The van der Waals surface area contributed by atoms with Crippen LogP contribution < -0.4 is 90.9 Å². The Balaban J connectivity index is 0.000000235. The van der Waals surface area contributed by atoms with Gasteiger partial charge in [-0.1, -0.05) is 48.5 Å². The van der Waals surface area contributed by atoms with Crippen LogP contribution in [0.1, 0.15) is 22.3 Å². The number of nitrogens with zero attached hydrogens (tertiary/aromatic N) is 7. The second-order valence-corrected chi connectivity index (χ2v) is 104. The molecule has 10 heterocycles. The molecule has 0 amide bonds. The van der Waals surface area contributed by atoms with Crippen molar-refractivity contribution in [1.29, 1.82) is 0 Å². The molecular formula is C27H112N26Si21. The van der Waals surface area contributed by atoms with E-state index in [-0.39, 0.29) is 22.3 Å². The summed E-state index contributed by atoms with van der Waals surface area (Å²) in [5.41, 5.74) is 0. The van der Waals surface area contributed by atoms with Crippen LogP contribution in [0.15, 0.2) is 0 Å². The zero-order valence-electron chi connectivity index (χ0n) is 47.8. The zero-order chi connectivity index (χ0) is 53.3. The Hall–Kier alpha value is 3.51. The van der Waals surface area contributed by atoms with Crippen LogP contribution in [0.3, 0.4) is 0 Å². The SMILES string of the molecule is C.C.C.CN[Si]1(C)N[Si]2(C)N[Si]3(C)N[Si](C)(N)N[Si]4(C)N[Si](C)(N)N5[Si](C)(N)N([SiH](C)C)[Si](C)(N1[SiH](C)C)N2[Si]5(C)N43.C[SiH]1N[Si]2(C)N[SiH](C)N[Si]3(C)N[SiH](C)N[Si]4(C)N[Si]5(C)N[SiH](C)N[Si](C)(N1)N5[Si](C)(N2)N34. The highest BCUT2D eigenvalue weighted by atomic mass is 28.6. The molecule has 22 N–H and O–H groups in total. The van der Waals surface area contributed by atoms with Gasteiger partial charge in [0.05, 0.1) is 17.9 Å². The molecule has 0 radical (unpaired) electrons. The lowest BCUT2D eigenvalue weighted by atomic mass is 11.6. The van der Waals surface area contributed by atoms with Crippen LogP contribution in [0.5, 0.6) is 0 Å². The van der Waals surface area contributed by atoms with Crippen LogP contribution in [-0.2, 0) is 0 Å². The second-order valence-electron chi connectivity index (χ2n) is 25.9. The lowest BCUT2D eigenvalue weighted by Gasteiger charge is -2.86. The van der Waals surface area contributed by atoms with E-state index in [0.717, 1.165) is 0 Å². The number of hydrogen-bond donors (Lipinski definition) is 19. The minimum absolute atomic E-state index is 0. The molecule has 17 atom stereocenters. The molecule has 0 spiro atoms. The Morgan fingerprint density at radius 2 is 0.757 bits per heavy atom. The van der Waals surface area contributed by atoms with Crippen molar-refractivity contribution in [1.82, 2.24) is 102 Å². The molecule has 17 unspecified atom stereocenters. The van der Waals surface area contributed by atoms with Crippen LogP contribution in [0.2, 0.25) is 151 Å². The van der Waals surface area contributed by atoms with Crippen LogP contribution in [0.25, 0.3) is 0 Å². The topological polar surface area (TPSA) is 293 Å². The first-order valence-corrected chi connectivity index (χ1v) is 77.9. The van der Waals surface area contributed by atoms with Gasteiger partial charge in [-0.25, -0.2) is 0 Å². The minimum Gasteiger partial charge on any atom is -0.328 e. The number of rotatable bonds is 3. The second kappa shape index (κ2) is 19.8. The highest BCUT2D eigenvalue weighted by molar-refractivity contribution is 7.32. The molecular weight excluding hydrogens is 1280 g/mol. The summed E-state index contributed by atoms with van der Waals surface area (Å²) in [6.45, 7) is 57.7. The third-order valence-corrected chi connectivity index (χ3v) is 154. The van der Waals surface area contributed by atoms with Crippen molar-refractivity contribution in [3.63, 3.8) is 0 Å². The Kier molecular flexibility index (Phi) is 17.8. The summed E-state index contributed by atoms with van der Waals surface area (Å²) in [5.74, 6) is 0. The third-order valence-electron chi connectivity index (χ3n) is 17.5. The lowest BCUT2D eigenvalue weighted by molar-refractivity contribution is 0.456. The molecule has 10 saturated heterocycles. The molecule has 0 aliphatic carbocycles. The van der Waals surface area contributed by atoms with E-state index >= 15 is 0 Å². The first kappa shape index (κ1) is 66.7. The first-order chi connectivity index (χ1) is 31.9. The summed E-state index contributed by atoms with van der Waals surface area (Å²) in [6, 6.07) is 0. The van der Waals surface area contributed by atoms with Gasteiger partial charge in [0.1, 0.15) is 0 Å². The Labute approximate surface area is 476 Å². The van der Waals surface area contributed by atoms with Gasteiger partial charge in [0.25, 0.3) is 128 Å². The molecule has 0 aromatic heterocycles. The molecule has 10 aliphatic rings. The van der Waals surface area contributed by atoms with Gasteiger partial charge in [0, 0.05) is 0 Å². The number of nitrogens with one attached hydrogen (secondary N) is 16. The normalized spacial score (nSPS) is 56.7. The van der Waals surface area contributed by atoms with E-state index < -0.39 is 183 Å². The highest BCUT2D eigenvalue weighted by Crippen LogP contribution is 2.52. The summed E-state index contributed by atoms with van der Waals surface area (Å²) >= 11 is 0. The molecule has 2 bridgehead atoms. The summed E-state index contributed by atoms with van der Waals surface area (Å²) in [6.07, 6.45) is 0. The average molecular weight is 1390 g/mol. The fourth-order valence-electron chi connectivity index (χ4n) is 18.8. The summed E-state index contributed by atoms with van der Waals surface area (Å²) in [5, 5.41) is 22.7. The smallest absolute Gasteiger partial charge is 0.265 e. The Morgan fingerprint density at radius 1 is 0.392 bits per heavy atom. The standard InChI is InChI=1S/C14H56N14Si11.C10H44N12Si10.3CH4/c1-18-34(9)22-37(12)23-36(11)20-31(6,15)19-35(10)21-32(7,16)26-33(8,17)24(29(2)3)38(13,25(34)30(4)5)28(37)39(26,14)27(35)36;1-23-11-27(5)12-24(2)14-29(7)16-26(4)18-31(9)20-30(8)17-25(3)15-28(6,13-23)21(30)32(10,19-27)22(29)31;;;/h18-23,29-30H,15-17H2,1-14H3;11-20,23-26H,1-10H3;3*1H4. The van der Waals surface area contributed by atoms with Gasteiger partial charge in [0.15, 0.2) is 36.5 Å². The first-order valence-electron chi connectivity index (χ1n) is 26.3. The van der Waals surface area contributed by atoms with Crippen molar-refractivity contribution in [2.24, 2.45) is 16.2 Å². The lowest BCUT2D eigenvalue weighted by Crippen LogP contribution is -3.22. The predicted octanol–water partition coefficient (Wildman–Crippen LogP) is -6.03. The molecule has 0 aromatic rings. The number of fused-ring (bicyclic) bond motifs is 1. The predicted molar refractivity (Wildman–Crippen MR) is 366 cm³/mol. The Bertz CT molecular complexity index is 2120. The molecule has 10 aliphatic heterocycles. The van der Waals surface area contributed by atoms with Gasteiger partial charge in [-0.05, 0) is 131 Å². The average Bonchev–Trinajstić information content (AvgIpc) is 3.03. The van der Waals surface area contributed by atoms with Gasteiger partial charge in [-0.15, -0.1) is 0 Å². The minimum atomic E-state index is -2.66. The maximum absolute atomic E-state index is 7.98. The molecule has 434 valence electrons. The highest BCUT2D eigenvalue weighted by Gasteiger charge is 2.87. The molecule has 10 rings (SSSR count). The van der Waals surface area contributed by atoms with E-state index in [9.17, 15) is 0 Å². The van der Waals surface area contributed by atoms with E-state index in [2.05, 4.69) is 260 Å². The van der Waals surface area contributed by atoms with Crippen molar-refractivity contribution in [3.8, 4) is 0 Å². The van der Waals surface area contributed by atoms with E-state index in [1.165, 1.54) is 0 Å². The van der Waals surface area contributed by atoms with Crippen molar-refractivity contribution < 1.29 is 0 Å². The van der Waals surface area contributed by atoms with Gasteiger partial charge >= 0.3 is 0 Å². The van der Waals surface area contributed by atoms with Gasteiger partial charge in [-0.3, -0.25) is 19.5 Å².